The number of rotatable bonds is 7. The van der Waals surface area contributed by atoms with E-state index in [4.69, 9.17) is 30.2 Å². The lowest BCUT2D eigenvalue weighted by Crippen LogP contribution is -2.20. The molecule has 0 bridgehead atoms. The van der Waals surface area contributed by atoms with Gasteiger partial charge in [0.05, 0.1) is 19.8 Å². The highest BCUT2D eigenvalue weighted by atomic mass is 35.5. The Morgan fingerprint density at radius 3 is 2.52 bits per heavy atom. The molecule has 0 aliphatic heterocycles. The maximum absolute atomic E-state index is 12.0. The van der Waals surface area contributed by atoms with Crippen molar-refractivity contribution in [3.8, 4) is 28.7 Å². The summed E-state index contributed by atoms with van der Waals surface area (Å²) in [5.74, 6) is 1.40. The third kappa shape index (κ3) is 4.68. The van der Waals surface area contributed by atoms with E-state index in [9.17, 15) is 4.79 Å². The Balaban J connectivity index is 1.63. The van der Waals surface area contributed by atoms with Gasteiger partial charge < -0.3 is 18.6 Å². The topological polar surface area (TPSA) is 95.7 Å². The quantitative estimate of drug-likeness (QED) is 0.661. The normalized spacial score (nSPS) is 10.3. The fourth-order valence-electron chi connectivity index (χ4n) is 2.19. The maximum Gasteiger partial charge on any atom is 0.322 e. The SMILES string of the molecule is COc1ccc(-c2nnc(NC(=O)COc3ccc(Cl)cc3)o2)c(OC)c1. The van der Waals surface area contributed by atoms with Crippen molar-refractivity contribution in [2.75, 3.05) is 26.1 Å². The molecule has 140 valence electrons. The molecule has 3 aromatic rings. The lowest BCUT2D eigenvalue weighted by molar-refractivity contribution is -0.118. The van der Waals surface area contributed by atoms with Gasteiger partial charge >= 0.3 is 6.01 Å². The Bertz CT molecular complexity index is 927. The molecule has 27 heavy (non-hydrogen) atoms. The van der Waals surface area contributed by atoms with Crippen molar-refractivity contribution in [2.24, 2.45) is 0 Å². The summed E-state index contributed by atoms with van der Waals surface area (Å²) < 4.78 is 21.3. The number of carbonyl (C=O) groups is 1. The summed E-state index contributed by atoms with van der Waals surface area (Å²) in [6.45, 7) is -0.217. The van der Waals surface area contributed by atoms with Crippen molar-refractivity contribution in [1.29, 1.82) is 0 Å². The van der Waals surface area contributed by atoms with Crippen LogP contribution in [0.3, 0.4) is 0 Å². The first-order chi connectivity index (χ1) is 13.1. The van der Waals surface area contributed by atoms with E-state index >= 15 is 0 Å². The van der Waals surface area contributed by atoms with Crippen LogP contribution in [0.15, 0.2) is 46.9 Å². The molecule has 0 aliphatic carbocycles. The first-order valence-electron chi connectivity index (χ1n) is 7.83. The molecule has 0 radical (unpaired) electrons. The van der Waals surface area contributed by atoms with E-state index in [2.05, 4.69) is 15.5 Å². The first-order valence-corrected chi connectivity index (χ1v) is 8.21. The highest BCUT2D eigenvalue weighted by Crippen LogP contribution is 2.33. The van der Waals surface area contributed by atoms with Crippen molar-refractivity contribution < 1.29 is 23.4 Å². The van der Waals surface area contributed by atoms with Gasteiger partial charge in [-0.3, -0.25) is 10.1 Å². The summed E-state index contributed by atoms with van der Waals surface area (Å²) in [4.78, 5) is 12.0. The molecule has 9 heteroatoms. The zero-order chi connectivity index (χ0) is 19.2. The van der Waals surface area contributed by atoms with Gasteiger partial charge in [-0.25, -0.2) is 0 Å². The van der Waals surface area contributed by atoms with Gasteiger partial charge in [0.25, 0.3) is 11.8 Å². The summed E-state index contributed by atoms with van der Waals surface area (Å²) >= 11 is 5.79. The maximum atomic E-state index is 12.0. The molecule has 0 fully saturated rings. The standard InChI is InChI=1S/C18H16ClN3O5/c1-24-13-7-8-14(15(9-13)25-2)17-21-22-18(27-17)20-16(23)10-26-12-5-3-11(19)4-6-12/h3-9H,10H2,1-2H3,(H,20,22,23). The van der Waals surface area contributed by atoms with Gasteiger partial charge in [-0.1, -0.05) is 16.7 Å². The van der Waals surface area contributed by atoms with Crippen LogP contribution in [0.25, 0.3) is 11.5 Å². The van der Waals surface area contributed by atoms with Crippen molar-refractivity contribution in [3.63, 3.8) is 0 Å². The zero-order valence-corrected chi connectivity index (χ0v) is 15.3. The minimum atomic E-state index is -0.443. The Labute approximate surface area is 160 Å². The first kappa shape index (κ1) is 18.5. The monoisotopic (exact) mass is 389 g/mol. The van der Waals surface area contributed by atoms with Gasteiger partial charge in [0.15, 0.2) is 6.61 Å². The number of ether oxygens (including phenoxy) is 3. The molecule has 0 atom stereocenters. The van der Waals surface area contributed by atoms with Gasteiger partial charge in [0, 0.05) is 11.1 Å². The van der Waals surface area contributed by atoms with Crippen LogP contribution in [-0.2, 0) is 4.79 Å². The number of anilines is 1. The van der Waals surface area contributed by atoms with Crippen molar-refractivity contribution in [3.05, 3.63) is 47.5 Å². The molecule has 2 aromatic carbocycles. The largest absolute Gasteiger partial charge is 0.497 e. The fraction of sp³-hybridized carbons (Fsp3) is 0.167. The molecule has 3 rings (SSSR count). The van der Waals surface area contributed by atoms with E-state index in [1.54, 1.807) is 49.6 Å². The number of nitrogens with one attached hydrogen (secondary N) is 1. The van der Waals surface area contributed by atoms with Gasteiger partial charge in [0.1, 0.15) is 17.2 Å². The van der Waals surface area contributed by atoms with Gasteiger partial charge in [-0.05, 0) is 36.4 Å². The summed E-state index contributed by atoms with van der Waals surface area (Å²) in [6, 6.07) is 11.8. The van der Waals surface area contributed by atoms with Crippen molar-refractivity contribution in [2.45, 2.75) is 0 Å². The fourth-order valence-corrected chi connectivity index (χ4v) is 2.32. The minimum absolute atomic E-state index is 0.0485. The van der Waals surface area contributed by atoms with Crippen LogP contribution in [0, 0.1) is 0 Å². The van der Waals surface area contributed by atoms with Crippen LogP contribution >= 0.6 is 11.6 Å². The van der Waals surface area contributed by atoms with E-state index in [1.165, 1.54) is 7.11 Å². The van der Waals surface area contributed by atoms with Crippen LogP contribution in [0.2, 0.25) is 5.02 Å². The molecule has 1 amide bonds. The molecule has 0 unspecified atom stereocenters. The Morgan fingerprint density at radius 1 is 1.07 bits per heavy atom. The number of carbonyl (C=O) groups excluding carboxylic acids is 1. The number of amides is 1. The van der Waals surface area contributed by atoms with E-state index in [-0.39, 0.29) is 18.5 Å². The van der Waals surface area contributed by atoms with Crippen molar-refractivity contribution in [1.82, 2.24) is 10.2 Å². The molecular formula is C18H16ClN3O5. The molecule has 1 heterocycles. The van der Waals surface area contributed by atoms with E-state index in [0.717, 1.165) is 0 Å². The molecule has 0 saturated heterocycles. The Morgan fingerprint density at radius 2 is 1.81 bits per heavy atom. The number of nitrogens with zero attached hydrogens (tertiary/aromatic N) is 2. The Kier molecular flexibility index (Phi) is 5.77. The van der Waals surface area contributed by atoms with Gasteiger partial charge in [-0.15, -0.1) is 5.10 Å². The second-order valence-corrected chi connectivity index (χ2v) is 5.71. The zero-order valence-electron chi connectivity index (χ0n) is 14.6. The lowest BCUT2D eigenvalue weighted by atomic mass is 10.2. The second kappa shape index (κ2) is 8.41. The van der Waals surface area contributed by atoms with Crippen molar-refractivity contribution >= 4 is 23.5 Å². The molecule has 0 aliphatic rings. The third-order valence-electron chi connectivity index (χ3n) is 3.49. The average Bonchev–Trinajstić information content (AvgIpc) is 3.15. The number of halogens is 1. The predicted octanol–water partition coefficient (Wildman–Crippen LogP) is 3.42. The molecular weight excluding hydrogens is 374 g/mol. The smallest absolute Gasteiger partial charge is 0.322 e. The highest BCUT2D eigenvalue weighted by Gasteiger charge is 2.16. The summed E-state index contributed by atoms with van der Waals surface area (Å²) in [7, 11) is 3.08. The molecule has 1 N–H and O–H groups in total. The number of aromatic nitrogens is 2. The third-order valence-corrected chi connectivity index (χ3v) is 3.75. The van der Waals surface area contributed by atoms with Gasteiger partial charge in [0.2, 0.25) is 0 Å². The predicted molar refractivity (Wildman–Crippen MR) is 98.4 cm³/mol. The van der Waals surface area contributed by atoms with E-state index < -0.39 is 5.91 Å². The van der Waals surface area contributed by atoms with Crippen LogP contribution in [0.4, 0.5) is 6.01 Å². The van der Waals surface area contributed by atoms with Gasteiger partial charge in [-0.2, -0.15) is 0 Å². The number of benzene rings is 2. The summed E-state index contributed by atoms with van der Waals surface area (Å²) in [5.41, 5.74) is 0.573. The van der Waals surface area contributed by atoms with E-state index in [1.807, 2.05) is 0 Å². The summed E-state index contributed by atoms with van der Waals surface area (Å²) in [6.07, 6.45) is 0. The highest BCUT2D eigenvalue weighted by molar-refractivity contribution is 6.30. The van der Waals surface area contributed by atoms with Crippen LogP contribution in [0.1, 0.15) is 0 Å². The average molecular weight is 390 g/mol. The van der Waals surface area contributed by atoms with E-state index in [0.29, 0.717) is 27.8 Å². The molecule has 0 saturated carbocycles. The molecule has 0 spiro atoms. The second-order valence-electron chi connectivity index (χ2n) is 5.27. The lowest BCUT2D eigenvalue weighted by Gasteiger charge is -2.07. The number of hydrogen-bond acceptors (Lipinski definition) is 7. The molecule has 8 nitrogen and oxygen atoms in total. The minimum Gasteiger partial charge on any atom is -0.497 e. The van der Waals surface area contributed by atoms with Crippen LogP contribution < -0.4 is 19.5 Å². The Hall–Kier alpha value is -3.26. The molecule has 1 aromatic heterocycles. The number of methoxy groups -OCH3 is 2. The van der Waals surface area contributed by atoms with Crippen LogP contribution in [-0.4, -0.2) is 36.9 Å². The van der Waals surface area contributed by atoms with Crippen LogP contribution in [0.5, 0.6) is 17.2 Å². The summed E-state index contributed by atoms with van der Waals surface area (Å²) in [5, 5.41) is 10.8. The number of hydrogen-bond donors (Lipinski definition) is 1.